The van der Waals surface area contributed by atoms with E-state index in [9.17, 15) is 5.11 Å². The van der Waals surface area contributed by atoms with Crippen LogP contribution in [0, 0.1) is 5.41 Å². The van der Waals surface area contributed by atoms with Crippen LogP contribution in [0.2, 0.25) is 0 Å². The first-order valence-corrected chi connectivity index (χ1v) is 7.20. The van der Waals surface area contributed by atoms with Crippen LogP contribution in [0.3, 0.4) is 0 Å². The Kier molecular flexibility index (Phi) is 4.35. The lowest BCUT2D eigenvalue weighted by molar-refractivity contribution is 0.120. The first kappa shape index (κ1) is 14.2. The molecule has 1 saturated carbocycles. The zero-order chi connectivity index (χ0) is 13.9. The molecule has 1 fully saturated rings. The lowest BCUT2D eigenvalue weighted by Crippen LogP contribution is -2.40. The van der Waals surface area contributed by atoms with Gasteiger partial charge in [-0.25, -0.2) is 0 Å². The molecule has 1 aliphatic rings. The Morgan fingerprint density at radius 3 is 2.68 bits per heavy atom. The van der Waals surface area contributed by atoms with Crippen molar-refractivity contribution in [2.45, 2.75) is 45.6 Å². The Bertz CT molecular complexity index is 421. The number of benzene rings is 1. The van der Waals surface area contributed by atoms with Crippen LogP contribution >= 0.6 is 0 Å². The molecule has 0 amide bonds. The molecule has 0 aliphatic heterocycles. The molecule has 0 saturated heterocycles. The topological polar surface area (TPSA) is 41.5 Å². The number of nitrogens with one attached hydrogen (secondary N) is 1. The summed E-state index contributed by atoms with van der Waals surface area (Å²) in [5.74, 6) is 0.738. The maximum Gasteiger partial charge on any atom is 0.160 e. The van der Waals surface area contributed by atoms with Gasteiger partial charge in [0.05, 0.1) is 7.11 Å². The zero-order valence-electron chi connectivity index (χ0n) is 12.2. The number of hydrogen-bond acceptors (Lipinski definition) is 3. The Balaban J connectivity index is 1.97. The first-order valence-electron chi connectivity index (χ1n) is 7.20. The molecule has 106 valence electrons. The summed E-state index contributed by atoms with van der Waals surface area (Å²) < 4.78 is 5.16. The van der Waals surface area contributed by atoms with Gasteiger partial charge in [0.2, 0.25) is 0 Å². The van der Waals surface area contributed by atoms with Crippen molar-refractivity contribution in [1.82, 2.24) is 5.32 Å². The Morgan fingerprint density at radius 1 is 1.42 bits per heavy atom. The minimum Gasteiger partial charge on any atom is -0.504 e. The average molecular weight is 263 g/mol. The van der Waals surface area contributed by atoms with E-state index in [-0.39, 0.29) is 11.8 Å². The summed E-state index contributed by atoms with van der Waals surface area (Å²) in [6, 6.07) is 5.84. The SMILES string of the molecule is CCC1(CNC(C)c2ccc(O)c(OC)c2)CCC1. The van der Waals surface area contributed by atoms with E-state index in [1.807, 2.05) is 12.1 Å². The van der Waals surface area contributed by atoms with Crippen LogP contribution in [0.1, 0.15) is 51.1 Å². The van der Waals surface area contributed by atoms with Gasteiger partial charge in [-0.1, -0.05) is 19.4 Å². The summed E-state index contributed by atoms with van der Waals surface area (Å²) in [5.41, 5.74) is 1.68. The average Bonchev–Trinajstić information content (AvgIpc) is 2.38. The summed E-state index contributed by atoms with van der Waals surface area (Å²) in [6.45, 7) is 5.52. The molecule has 3 nitrogen and oxygen atoms in total. The predicted octanol–water partition coefficient (Wildman–Crippen LogP) is 3.63. The first-order chi connectivity index (χ1) is 9.10. The maximum absolute atomic E-state index is 9.62. The van der Waals surface area contributed by atoms with Gasteiger partial charge >= 0.3 is 0 Å². The summed E-state index contributed by atoms with van der Waals surface area (Å²) >= 11 is 0. The van der Waals surface area contributed by atoms with Gasteiger partial charge in [0, 0.05) is 12.6 Å². The van der Waals surface area contributed by atoms with Crippen molar-refractivity contribution in [2.75, 3.05) is 13.7 Å². The van der Waals surface area contributed by atoms with E-state index in [2.05, 4.69) is 19.2 Å². The second-order valence-electron chi connectivity index (χ2n) is 5.74. The van der Waals surface area contributed by atoms with Crippen molar-refractivity contribution in [3.05, 3.63) is 23.8 Å². The summed E-state index contributed by atoms with van der Waals surface area (Å²) in [6.07, 6.45) is 5.33. The molecule has 0 spiro atoms. The quantitative estimate of drug-likeness (QED) is 0.823. The third-order valence-corrected chi connectivity index (χ3v) is 4.65. The van der Waals surface area contributed by atoms with E-state index in [1.54, 1.807) is 13.2 Å². The van der Waals surface area contributed by atoms with Crippen molar-refractivity contribution in [1.29, 1.82) is 0 Å². The monoisotopic (exact) mass is 263 g/mol. The van der Waals surface area contributed by atoms with Crippen molar-refractivity contribution in [2.24, 2.45) is 5.41 Å². The molecule has 3 heteroatoms. The van der Waals surface area contributed by atoms with Gasteiger partial charge in [-0.2, -0.15) is 0 Å². The third-order valence-electron chi connectivity index (χ3n) is 4.65. The normalized spacial score (nSPS) is 18.7. The number of phenolic OH excluding ortho intramolecular Hbond substituents is 1. The van der Waals surface area contributed by atoms with Crippen molar-refractivity contribution in [3.8, 4) is 11.5 Å². The maximum atomic E-state index is 9.62. The third kappa shape index (κ3) is 3.03. The van der Waals surface area contributed by atoms with E-state index < -0.39 is 0 Å². The lowest BCUT2D eigenvalue weighted by atomic mass is 9.67. The Labute approximate surface area is 116 Å². The molecule has 1 atom stereocenters. The lowest BCUT2D eigenvalue weighted by Gasteiger charge is -2.42. The second-order valence-corrected chi connectivity index (χ2v) is 5.74. The van der Waals surface area contributed by atoms with Crippen LogP contribution in [0.15, 0.2) is 18.2 Å². The number of ether oxygens (including phenoxy) is 1. The van der Waals surface area contributed by atoms with E-state index in [0.717, 1.165) is 12.1 Å². The Hall–Kier alpha value is -1.22. The van der Waals surface area contributed by atoms with Crippen molar-refractivity contribution < 1.29 is 9.84 Å². The highest BCUT2D eigenvalue weighted by Gasteiger charge is 2.34. The van der Waals surface area contributed by atoms with Gasteiger partial charge in [-0.3, -0.25) is 0 Å². The smallest absolute Gasteiger partial charge is 0.160 e. The molecule has 0 aromatic heterocycles. The molecule has 1 unspecified atom stereocenters. The molecule has 1 aromatic rings. The molecule has 2 rings (SSSR count). The largest absolute Gasteiger partial charge is 0.504 e. The van der Waals surface area contributed by atoms with Gasteiger partial charge in [-0.15, -0.1) is 0 Å². The molecule has 0 radical (unpaired) electrons. The van der Waals surface area contributed by atoms with Gasteiger partial charge < -0.3 is 15.2 Å². The van der Waals surface area contributed by atoms with Crippen LogP contribution in [-0.4, -0.2) is 18.8 Å². The number of rotatable bonds is 6. The summed E-state index contributed by atoms with van der Waals surface area (Å²) in [4.78, 5) is 0. The van der Waals surface area contributed by atoms with Gasteiger partial charge in [0.25, 0.3) is 0 Å². The minimum atomic E-state index is 0.197. The molecule has 0 heterocycles. The molecular formula is C16H25NO2. The van der Waals surface area contributed by atoms with Crippen LogP contribution < -0.4 is 10.1 Å². The van der Waals surface area contributed by atoms with Crippen molar-refractivity contribution in [3.63, 3.8) is 0 Å². The zero-order valence-corrected chi connectivity index (χ0v) is 12.2. The number of hydrogen-bond donors (Lipinski definition) is 2. The van der Waals surface area contributed by atoms with E-state index >= 15 is 0 Å². The van der Waals surface area contributed by atoms with Crippen LogP contribution in [0.4, 0.5) is 0 Å². The highest BCUT2D eigenvalue weighted by molar-refractivity contribution is 5.42. The second kappa shape index (κ2) is 5.83. The molecule has 19 heavy (non-hydrogen) atoms. The summed E-state index contributed by atoms with van der Waals surface area (Å²) in [5, 5.41) is 13.2. The molecular weight excluding hydrogens is 238 g/mol. The molecule has 1 aliphatic carbocycles. The molecule has 2 N–H and O–H groups in total. The van der Waals surface area contributed by atoms with Crippen LogP contribution in [-0.2, 0) is 0 Å². The molecule has 0 bridgehead atoms. The van der Waals surface area contributed by atoms with Gasteiger partial charge in [-0.05, 0) is 49.3 Å². The van der Waals surface area contributed by atoms with E-state index in [0.29, 0.717) is 11.2 Å². The highest BCUT2D eigenvalue weighted by Crippen LogP contribution is 2.43. The number of methoxy groups -OCH3 is 1. The predicted molar refractivity (Wildman–Crippen MR) is 77.7 cm³/mol. The van der Waals surface area contributed by atoms with E-state index in [4.69, 9.17) is 4.74 Å². The number of phenols is 1. The Morgan fingerprint density at radius 2 is 2.16 bits per heavy atom. The summed E-state index contributed by atoms with van der Waals surface area (Å²) in [7, 11) is 1.58. The fraction of sp³-hybridized carbons (Fsp3) is 0.625. The standard InChI is InChI=1S/C16H25NO2/c1-4-16(8-5-9-16)11-17-12(2)13-6-7-14(18)15(10-13)19-3/h6-7,10,12,17-18H,4-5,8-9,11H2,1-3H3. The highest BCUT2D eigenvalue weighted by atomic mass is 16.5. The van der Waals surface area contributed by atoms with Crippen molar-refractivity contribution >= 4 is 0 Å². The van der Waals surface area contributed by atoms with Gasteiger partial charge in [0.15, 0.2) is 11.5 Å². The van der Waals surface area contributed by atoms with Crippen LogP contribution in [0.5, 0.6) is 11.5 Å². The minimum absolute atomic E-state index is 0.197. The fourth-order valence-electron chi connectivity index (χ4n) is 2.78. The number of aromatic hydroxyl groups is 1. The van der Waals surface area contributed by atoms with Gasteiger partial charge in [0.1, 0.15) is 0 Å². The fourth-order valence-corrected chi connectivity index (χ4v) is 2.78. The molecule has 1 aromatic carbocycles. The van der Waals surface area contributed by atoms with Crippen LogP contribution in [0.25, 0.3) is 0 Å². The van der Waals surface area contributed by atoms with E-state index in [1.165, 1.54) is 25.7 Å².